The van der Waals surface area contributed by atoms with Gasteiger partial charge in [-0.25, -0.2) is 4.98 Å². The number of rotatable bonds is 8. The van der Waals surface area contributed by atoms with Crippen molar-refractivity contribution in [1.82, 2.24) is 15.3 Å². The topological polar surface area (TPSA) is 41.1 Å². The summed E-state index contributed by atoms with van der Waals surface area (Å²) in [5.41, 5.74) is 1.03. The molecule has 0 spiro atoms. The summed E-state index contributed by atoms with van der Waals surface area (Å²) in [4.78, 5) is 11.5. The van der Waals surface area contributed by atoms with E-state index < -0.39 is 0 Å². The minimum absolute atomic E-state index is 0.480. The first-order chi connectivity index (χ1) is 9.20. The molecule has 0 unspecified atom stereocenters. The zero-order valence-electron chi connectivity index (χ0n) is 12.4. The molecule has 106 valence electrons. The van der Waals surface area contributed by atoms with E-state index in [-0.39, 0.29) is 0 Å². The van der Waals surface area contributed by atoms with Gasteiger partial charge in [0.05, 0.1) is 11.9 Å². The number of anilines is 1. The smallest absolute Gasteiger partial charge is 0.147 e. The number of hydrogen-bond acceptors (Lipinski definition) is 4. The van der Waals surface area contributed by atoms with Crippen molar-refractivity contribution in [2.75, 3.05) is 18.0 Å². The van der Waals surface area contributed by atoms with Gasteiger partial charge in [0.25, 0.3) is 0 Å². The highest BCUT2D eigenvalue weighted by atomic mass is 15.2. The summed E-state index contributed by atoms with van der Waals surface area (Å²) in [6, 6.07) is 0.480. The molecule has 1 aromatic heterocycles. The normalized spacial score (nSPS) is 14.9. The SMILES string of the molecule is CCCNCc1cncc(N(CC2CC2)C(C)C)n1. The molecule has 1 aromatic rings. The highest BCUT2D eigenvalue weighted by Crippen LogP contribution is 2.31. The number of nitrogens with one attached hydrogen (secondary N) is 1. The second kappa shape index (κ2) is 6.85. The average Bonchev–Trinajstić information content (AvgIpc) is 3.20. The molecule has 0 aromatic carbocycles. The molecule has 2 rings (SSSR count). The largest absolute Gasteiger partial charge is 0.353 e. The summed E-state index contributed by atoms with van der Waals surface area (Å²) in [5.74, 6) is 1.89. The Kier molecular flexibility index (Phi) is 5.14. The van der Waals surface area contributed by atoms with Crippen molar-refractivity contribution in [3.05, 3.63) is 18.1 Å². The second-order valence-corrected chi connectivity index (χ2v) is 5.73. The van der Waals surface area contributed by atoms with E-state index in [1.807, 2.05) is 12.4 Å². The van der Waals surface area contributed by atoms with Gasteiger partial charge in [0, 0.05) is 25.3 Å². The lowest BCUT2D eigenvalue weighted by atomic mass is 10.2. The van der Waals surface area contributed by atoms with E-state index in [1.54, 1.807) is 0 Å². The Balaban J connectivity index is 2.01. The summed E-state index contributed by atoms with van der Waals surface area (Å²) >= 11 is 0. The van der Waals surface area contributed by atoms with Gasteiger partial charge >= 0.3 is 0 Å². The van der Waals surface area contributed by atoms with Crippen LogP contribution in [-0.2, 0) is 6.54 Å². The summed E-state index contributed by atoms with van der Waals surface area (Å²) in [6.07, 6.45) is 7.64. The minimum atomic E-state index is 0.480. The summed E-state index contributed by atoms with van der Waals surface area (Å²) < 4.78 is 0. The predicted molar refractivity (Wildman–Crippen MR) is 79.2 cm³/mol. The van der Waals surface area contributed by atoms with Gasteiger partial charge < -0.3 is 10.2 Å². The molecular weight excluding hydrogens is 236 g/mol. The van der Waals surface area contributed by atoms with Gasteiger partial charge in [-0.05, 0) is 45.6 Å². The molecule has 0 atom stereocenters. The van der Waals surface area contributed by atoms with Gasteiger partial charge in [-0.1, -0.05) is 6.92 Å². The Morgan fingerprint density at radius 3 is 2.79 bits per heavy atom. The van der Waals surface area contributed by atoms with Gasteiger partial charge in [-0.2, -0.15) is 0 Å². The maximum atomic E-state index is 4.75. The average molecular weight is 262 g/mol. The molecule has 4 heteroatoms. The fraction of sp³-hybridized carbons (Fsp3) is 0.733. The number of nitrogens with zero attached hydrogens (tertiary/aromatic N) is 3. The molecule has 1 fully saturated rings. The van der Waals surface area contributed by atoms with Crippen molar-refractivity contribution in [2.45, 2.75) is 52.6 Å². The van der Waals surface area contributed by atoms with Crippen molar-refractivity contribution in [2.24, 2.45) is 5.92 Å². The fourth-order valence-electron chi connectivity index (χ4n) is 2.16. The standard InChI is InChI=1S/C15H26N4/c1-4-7-16-8-14-9-17-10-15(18-14)19(12(2)3)11-13-5-6-13/h9-10,12-13,16H,4-8,11H2,1-3H3. The van der Waals surface area contributed by atoms with Gasteiger partial charge in [0.2, 0.25) is 0 Å². The van der Waals surface area contributed by atoms with Crippen molar-refractivity contribution in [3.8, 4) is 0 Å². The zero-order chi connectivity index (χ0) is 13.7. The molecule has 0 amide bonds. The maximum Gasteiger partial charge on any atom is 0.147 e. The first-order valence-corrected chi connectivity index (χ1v) is 7.49. The molecule has 1 aliphatic rings. The van der Waals surface area contributed by atoms with Crippen LogP contribution in [0.25, 0.3) is 0 Å². The quantitative estimate of drug-likeness (QED) is 0.731. The summed E-state index contributed by atoms with van der Waals surface area (Å²) in [7, 11) is 0. The third kappa shape index (κ3) is 4.46. The Labute approximate surface area is 116 Å². The number of aromatic nitrogens is 2. The van der Waals surface area contributed by atoms with Gasteiger partial charge in [-0.15, -0.1) is 0 Å². The molecule has 1 aliphatic carbocycles. The van der Waals surface area contributed by atoms with Crippen LogP contribution in [0.4, 0.5) is 5.82 Å². The van der Waals surface area contributed by atoms with Crippen LogP contribution in [-0.4, -0.2) is 29.1 Å². The molecular formula is C15H26N4. The maximum absolute atomic E-state index is 4.75. The van der Waals surface area contributed by atoms with Crippen LogP contribution in [0, 0.1) is 5.92 Å². The molecule has 0 saturated heterocycles. The monoisotopic (exact) mass is 262 g/mol. The van der Waals surface area contributed by atoms with Crippen LogP contribution in [0.15, 0.2) is 12.4 Å². The molecule has 0 radical (unpaired) electrons. The van der Waals surface area contributed by atoms with Crippen LogP contribution in [0.3, 0.4) is 0 Å². The van der Waals surface area contributed by atoms with E-state index in [2.05, 4.69) is 36.0 Å². The van der Waals surface area contributed by atoms with Gasteiger partial charge in [0.1, 0.15) is 5.82 Å². The Morgan fingerprint density at radius 1 is 1.37 bits per heavy atom. The van der Waals surface area contributed by atoms with Crippen molar-refractivity contribution < 1.29 is 0 Å². The Morgan fingerprint density at radius 2 is 2.16 bits per heavy atom. The van der Waals surface area contributed by atoms with Crippen molar-refractivity contribution in [3.63, 3.8) is 0 Å². The van der Waals surface area contributed by atoms with Crippen LogP contribution in [0.5, 0.6) is 0 Å². The van der Waals surface area contributed by atoms with E-state index >= 15 is 0 Å². The second-order valence-electron chi connectivity index (χ2n) is 5.73. The lowest BCUT2D eigenvalue weighted by molar-refractivity contribution is 0.625. The van der Waals surface area contributed by atoms with Crippen molar-refractivity contribution in [1.29, 1.82) is 0 Å². The molecule has 1 N–H and O–H groups in total. The molecule has 19 heavy (non-hydrogen) atoms. The highest BCUT2D eigenvalue weighted by Gasteiger charge is 2.26. The first kappa shape index (κ1) is 14.3. The van der Waals surface area contributed by atoms with Crippen molar-refractivity contribution >= 4 is 5.82 Å². The lowest BCUT2D eigenvalue weighted by Gasteiger charge is -2.27. The molecule has 0 aliphatic heterocycles. The van der Waals surface area contributed by atoms with Gasteiger partial charge in [0.15, 0.2) is 0 Å². The summed E-state index contributed by atoms with van der Waals surface area (Å²) in [5, 5.41) is 3.38. The first-order valence-electron chi connectivity index (χ1n) is 7.49. The Bertz CT molecular complexity index is 387. The fourth-order valence-corrected chi connectivity index (χ4v) is 2.16. The molecule has 4 nitrogen and oxygen atoms in total. The minimum Gasteiger partial charge on any atom is -0.353 e. The Hall–Kier alpha value is -1.16. The number of hydrogen-bond donors (Lipinski definition) is 1. The van der Waals surface area contributed by atoms with Crippen LogP contribution < -0.4 is 10.2 Å². The third-order valence-corrected chi connectivity index (χ3v) is 3.47. The van der Waals surface area contributed by atoms with Crippen LogP contribution in [0.1, 0.15) is 45.7 Å². The third-order valence-electron chi connectivity index (χ3n) is 3.47. The predicted octanol–water partition coefficient (Wildman–Crippen LogP) is 2.60. The lowest BCUT2D eigenvalue weighted by Crippen LogP contribution is -2.33. The van der Waals surface area contributed by atoms with E-state index in [0.29, 0.717) is 6.04 Å². The zero-order valence-corrected chi connectivity index (χ0v) is 12.4. The molecule has 1 saturated carbocycles. The highest BCUT2D eigenvalue weighted by molar-refractivity contribution is 5.37. The van der Waals surface area contributed by atoms with E-state index in [1.165, 1.54) is 12.8 Å². The molecule has 1 heterocycles. The van der Waals surface area contributed by atoms with Gasteiger partial charge in [-0.3, -0.25) is 4.98 Å². The van der Waals surface area contributed by atoms with E-state index in [9.17, 15) is 0 Å². The summed E-state index contributed by atoms with van der Waals surface area (Å²) in [6.45, 7) is 9.59. The van der Waals surface area contributed by atoms with Crippen LogP contribution >= 0.6 is 0 Å². The molecule has 0 bridgehead atoms. The van der Waals surface area contributed by atoms with E-state index in [0.717, 1.165) is 43.5 Å². The van der Waals surface area contributed by atoms with Crippen LogP contribution in [0.2, 0.25) is 0 Å². The van der Waals surface area contributed by atoms with E-state index in [4.69, 9.17) is 4.98 Å².